The van der Waals surface area contributed by atoms with Crippen molar-refractivity contribution in [1.29, 1.82) is 0 Å². The van der Waals surface area contributed by atoms with E-state index >= 15 is 0 Å². The Bertz CT molecular complexity index is 1080. The van der Waals surface area contributed by atoms with Crippen molar-refractivity contribution in [3.05, 3.63) is 56.4 Å². The number of carbonyl (C=O) groups is 1. The van der Waals surface area contributed by atoms with Gasteiger partial charge in [0.1, 0.15) is 16.4 Å². The standard InChI is InChI=1S/C21H23N3O3S/c1-4-27-15-9-7-14(8-10-15)16-6-5-11-24(16)21(26)18-12(2)17-19(25)22-13(3)23-20(17)28-18/h7-10,16H,4-6,11H2,1-3H3,(H,22,23,25). The average Bonchev–Trinajstić information content (AvgIpc) is 3.27. The van der Waals surface area contributed by atoms with Gasteiger partial charge in [0.25, 0.3) is 11.5 Å². The summed E-state index contributed by atoms with van der Waals surface area (Å²) in [5.41, 5.74) is 1.65. The van der Waals surface area contributed by atoms with E-state index in [1.807, 2.05) is 43.0 Å². The molecule has 1 aliphatic heterocycles. The Labute approximate surface area is 167 Å². The van der Waals surface area contributed by atoms with Crippen LogP contribution in [0.2, 0.25) is 0 Å². The molecule has 1 aliphatic rings. The van der Waals surface area contributed by atoms with Gasteiger partial charge in [0, 0.05) is 6.54 Å². The van der Waals surface area contributed by atoms with Crippen molar-refractivity contribution in [3.8, 4) is 5.75 Å². The van der Waals surface area contributed by atoms with Crippen molar-refractivity contribution in [2.75, 3.05) is 13.2 Å². The zero-order valence-electron chi connectivity index (χ0n) is 16.2. The molecule has 28 heavy (non-hydrogen) atoms. The summed E-state index contributed by atoms with van der Waals surface area (Å²) in [4.78, 5) is 36.0. The van der Waals surface area contributed by atoms with Gasteiger partial charge in [-0.25, -0.2) is 4.98 Å². The van der Waals surface area contributed by atoms with E-state index in [0.717, 1.165) is 29.7 Å². The van der Waals surface area contributed by atoms with E-state index in [9.17, 15) is 9.59 Å². The Morgan fingerprint density at radius 1 is 1.32 bits per heavy atom. The molecule has 0 aliphatic carbocycles. The van der Waals surface area contributed by atoms with Crippen molar-refractivity contribution in [2.24, 2.45) is 0 Å². The first-order valence-corrected chi connectivity index (χ1v) is 10.3. The first kappa shape index (κ1) is 18.7. The quantitative estimate of drug-likeness (QED) is 0.723. The summed E-state index contributed by atoms with van der Waals surface area (Å²) < 4.78 is 5.52. The van der Waals surface area contributed by atoms with Crippen LogP contribution in [0.15, 0.2) is 29.1 Å². The van der Waals surface area contributed by atoms with Crippen LogP contribution in [0.25, 0.3) is 10.2 Å². The van der Waals surface area contributed by atoms with Gasteiger partial charge in [-0.2, -0.15) is 0 Å². The van der Waals surface area contributed by atoms with Crippen LogP contribution in [0.1, 0.15) is 52.4 Å². The SMILES string of the molecule is CCOc1ccc(C2CCCN2C(=O)c2sc3nc(C)[nH]c(=O)c3c2C)cc1. The van der Waals surface area contributed by atoms with Crippen LogP contribution in [-0.2, 0) is 0 Å². The number of amides is 1. The Balaban J connectivity index is 1.67. The molecule has 1 fully saturated rings. The number of hydrogen-bond acceptors (Lipinski definition) is 5. The number of nitrogens with zero attached hydrogens (tertiary/aromatic N) is 2. The number of benzene rings is 1. The zero-order valence-corrected chi connectivity index (χ0v) is 17.1. The third-order valence-corrected chi connectivity index (χ3v) is 6.38. The first-order chi connectivity index (χ1) is 13.5. The van der Waals surface area contributed by atoms with E-state index in [1.54, 1.807) is 6.92 Å². The molecule has 2 aromatic heterocycles. The highest BCUT2D eigenvalue weighted by molar-refractivity contribution is 7.20. The maximum atomic E-state index is 13.4. The molecule has 0 bridgehead atoms. The van der Waals surface area contributed by atoms with Gasteiger partial charge in [0.15, 0.2) is 0 Å². The summed E-state index contributed by atoms with van der Waals surface area (Å²) >= 11 is 1.31. The Morgan fingerprint density at radius 2 is 2.07 bits per heavy atom. The zero-order chi connectivity index (χ0) is 19.8. The molecular weight excluding hydrogens is 374 g/mol. The van der Waals surface area contributed by atoms with Crippen molar-refractivity contribution >= 4 is 27.5 Å². The van der Waals surface area contributed by atoms with E-state index in [0.29, 0.717) is 34.1 Å². The van der Waals surface area contributed by atoms with Gasteiger partial charge in [-0.3, -0.25) is 9.59 Å². The van der Waals surface area contributed by atoms with Crippen LogP contribution >= 0.6 is 11.3 Å². The number of nitrogens with one attached hydrogen (secondary N) is 1. The lowest BCUT2D eigenvalue weighted by Crippen LogP contribution is -2.30. The smallest absolute Gasteiger partial charge is 0.264 e. The Morgan fingerprint density at radius 3 is 2.79 bits per heavy atom. The lowest BCUT2D eigenvalue weighted by atomic mass is 10.0. The molecule has 1 atom stereocenters. The summed E-state index contributed by atoms with van der Waals surface area (Å²) in [6.45, 7) is 6.89. The number of ether oxygens (including phenoxy) is 1. The normalized spacial score (nSPS) is 16.7. The largest absolute Gasteiger partial charge is 0.494 e. The number of aromatic nitrogens is 2. The summed E-state index contributed by atoms with van der Waals surface area (Å²) in [6.07, 6.45) is 1.90. The number of thiophene rings is 1. The number of likely N-dealkylation sites (tertiary alicyclic amines) is 1. The van der Waals surface area contributed by atoms with E-state index in [4.69, 9.17) is 4.74 Å². The summed E-state index contributed by atoms with van der Waals surface area (Å²) in [5, 5.41) is 0.524. The van der Waals surface area contributed by atoms with Gasteiger partial charge in [-0.05, 0) is 56.9 Å². The van der Waals surface area contributed by atoms with Crippen molar-refractivity contribution in [2.45, 2.75) is 39.7 Å². The number of aromatic amines is 1. The van der Waals surface area contributed by atoms with Gasteiger partial charge in [0.05, 0.1) is 22.9 Å². The molecule has 1 N–H and O–H groups in total. The molecule has 3 aromatic rings. The third kappa shape index (κ3) is 3.20. The number of H-pyrrole nitrogens is 1. The molecule has 3 heterocycles. The highest BCUT2D eigenvalue weighted by atomic mass is 32.1. The monoisotopic (exact) mass is 397 g/mol. The fourth-order valence-corrected chi connectivity index (χ4v) is 5.08. The predicted molar refractivity (Wildman–Crippen MR) is 110 cm³/mol. The van der Waals surface area contributed by atoms with Crippen molar-refractivity contribution in [1.82, 2.24) is 14.9 Å². The number of carbonyl (C=O) groups excluding carboxylic acids is 1. The van der Waals surface area contributed by atoms with Gasteiger partial charge in [0.2, 0.25) is 0 Å². The fourth-order valence-electron chi connectivity index (χ4n) is 3.90. The lowest BCUT2D eigenvalue weighted by Gasteiger charge is -2.25. The van der Waals surface area contributed by atoms with Crippen LogP contribution in [0.3, 0.4) is 0 Å². The second-order valence-electron chi connectivity index (χ2n) is 7.05. The van der Waals surface area contributed by atoms with Gasteiger partial charge in [-0.15, -0.1) is 11.3 Å². The van der Waals surface area contributed by atoms with E-state index < -0.39 is 0 Å². The Kier molecular flexibility index (Phi) is 4.93. The second kappa shape index (κ2) is 7.39. The minimum Gasteiger partial charge on any atom is -0.494 e. The Hall–Kier alpha value is -2.67. The summed E-state index contributed by atoms with van der Waals surface area (Å²) in [7, 11) is 0. The third-order valence-electron chi connectivity index (χ3n) is 5.20. The summed E-state index contributed by atoms with van der Waals surface area (Å²) in [5.74, 6) is 1.38. The second-order valence-corrected chi connectivity index (χ2v) is 8.05. The predicted octanol–water partition coefficient (Wildman–Crippen LogP) is 3.98. The molecule has 1 unspecified atom stereocenters. The number of aryl methyl sites for hydroxylation is 2. The molecule has 146 valence electrons. The van der Waals surface area contributed by atoms with Gasteiger partial charge >= 0.3 is 0 Å². The lowest BCUT2D eigenvalue weighted by molar-refractivity contribution is 0.0740. The highest BCUT2D eigenvalue weighted by Gasteiger charge is 2.33. The van der Waals surface area contributed by atoms with Crippen LogP contribution in [-0.4, -0.2) is 33.9 Å². The summed E-state index contributed by atoms with van der Waals surface area (Å²) in [6, 6.07) is 8.03. The van der Waals surface area contributed by atoms with Crippen LogP contribution < -0.4 is 10.3 Å². The molecule has 7 heteroatoms. The molecular formula is C21H23N3O3S. The van der Waals surface area contributed by atoms with Gasteiger partial charge in [-0.1, -0.05) is 12.1 Å². The molecule has 0 spiro atoms. The topological polar surface area (TPSA) is 75.3 Å². The number of hydrogen-bond donors (Lipinski definition) is 1. The maximum Gasteiger partial charge on any atom is 0.264 e. The number of rotatable bonds is 4. The van der Waals surface area contributed by atoms with E-state index in [1.165, 1.54) is 11.3 Å². The van der Waals surface area contributed by atoms with Crippen molar-refractivity contribution < 1.29 is 9.53 Å². The van der Waals surface area contributed by atoms with E-state index in [-0.39, 0.29) is 17.5 Å². The average molecular weight is 398 g/mol. The van der Waals surface area contributed by atoms with Gasteiger partial charge < -0.3 is 14.6 Å². The van der Waals surface area contributed by atoms with Crippen LogP contribution in [0.5, 0.6) is 5.75 Å². The molecule has 1 saturated heterocycles. The molecule has 4 rings (SSSR count). The molecule has 0 saturated carbocycles. The molecule has 1 amide bonds. The minimum atomic E-state index is -0.181. The van der Waals surface area contributed by atoms with E-state index in [2.05, 4.69) is 9.97 Å². The number of fused-ring (bicyclic) bond motifs is 1. The van der Waals surface area contributed by atoms with Crippen LogP contribution in [0.4, 0.5) is 0 Å². The fraction of sp³-hybridized carbons (Fsp3) is 0.381. The first-order valence-electron chi connectivity index (χ1n) is 9.53. The minimum absolute atomic E-state index is 0.0195. The highest BCUT2D eigenvalue weighted by Crippen LogP contribution is 2.36. The molecule has 1 aromatic carbocycles. The maximum absolute atomic E-state index is 13.4. The van der Waals surface area contributed by atoms with Crippen LogP contribution in [0, 0.1) is 13.8 Å². The molecule has 6 nitrogen and oxygen atoms in total. The molecule has 0 radical (unpaired) electrons. The van der Waals surface area contributed by atoms with Crippen molar-refractivity contribution in [3.63, 3.8) is 0 Å².